The molecule has 4 nitrogen and oxygen atoms in total. The van der Waals surface area contributed by atoms with Gasteiger partial charge in [-0.05, 0) is 42.0 Å². The number of nitrogens with one attached hydrogen (secondary N) is 1. The van der Waals surface area contributed by atoms with Gasteiger partial charge in [-0.25, -0.2) is 0 Å². The van der Waals surface area contributed by atoms with E-state index in [1.165, 1.54) is 0 Å². The van der Waals surface area contributed by atoms with Gasteiger partial charge < -0.3 is 5.32 Å². The fourth-order valence-electron chi connectivity index (χ4n) is 2.95. The number of aromatic nitrogens is 1. The highest BCUT2D eigenvalue weighted by molar-refractivity contribution is 6.12. The van der Waals surface area contributed by atoms with Gasteiger partial charge in [0.2, 0.25) is 0 Å². The molecular formula is C21H17N3O. The monoisotopic (exact) mass is 327 g/mol. The van der Waals surface area contributed by atoms with Crippen molar-refractivity contribution >= 4 is 23.4 Å². The van der Waals surface area contributed by atoms with Crippen molar-refractivity contribution in [2.24, 2.45) is 0 Å². The molecule has 122 valence electrons. The molecule has 2 heterocycles. The number of rotatable bonds is 3. The topological polar surface area (TPSA) is 45.2 Å². The molecule has 1 atom stereocenters. The Hall–Kier alpha value is -3.40. The first-order valence-corrected chi connectivity index (χ1v) is 8.15. The molecule has 0 radical (unpaired) electrons. The van der Waals surface area contributed by atoms with Crippen LogP contribution in [-0.4, -0.2) is 17.1 Å². The summed E-state index contributed by atoms with van der Waals surface area (Å²) in [5, 5.41) is 3.44. The van der Waals surface area contributed by atoms with Crippen molar-refractivity contribution in [3.05, 3.63) is 96.3 Å². The molecule has 0 saturated carbocycles. The molecule has 0 aliphatic carbocycles. The standard InChI is InChI=1S/C21H17N3O/c25-21-18-10-4-5-11-19(18)23-20(13-12-16-7-6-14-22-15-16)24(21)17-8-2-1-3-9-17/h1-15,20,23H/b13-12+. The first-order chi connectivity index (χ1) is 12.3. The summed E-state index contributed by atoms with van der Waals surface area (Å²) >= 11 is 0. The lowest BCUT2D eigenvalue weighted by atomic mass is 10.1. The summed E-state index contributed by atoms with van der Waals surface area (Å²) < 4.78 is 0. The molecule has 1 aliphatic heterocycles. The maximum absolute atomic E-state index is 13.1. The van der Waals surface area contributed by atoms with Crippen LogP contribution < -0.4 is 10.2 Å². The van der Waals surface area contributed by atoms with Crippen molar-refractivity contribution in [3.8, 4) is 0 Å². The quantitative estimate of drug-likeness (QED) is 0.784. The molecule has 25 heavy (non-hydrogen) atoms. The number of para-hydroxylation sites is 2. The summed E-state index contributed by atoms with van der Waals surface area (Å²) in [6.07, 6.45) is 7.22. The minimum absolute atomic E-state index is 0.0126. The fraction of sp³-hybridized carbons (Fsp3) is 0.0476. The van der Waals surface area contributed by atoms with Gasteiger partial charge in [-0.2, -0.15) is 0 Å². The van der Waals surface area contributed by atoms with Crippen LogP contribution in [0.1, 0.15) is 15.9 Å². The maximum atomic E-state index is 13.1. The van der Waals surface area contributed by atoms with E-state index in [1.807, 2.05) is 78.9 Å². The van der Waals surface area contributed by atoms with E-state index in [2.05, 4.69) is 10.3 Å². The minimum Gasteiger partial charge on any atom is -0.361 e. The van der Waals surface area contributed by atoms with E-state index in [4.69, 9.17) is 0 Å². The molecule has 1 aromatic heterocycles. The van der Waals surface area contributed by atoms with Crippen LogP contribution in [-0.2, 0) is 0 Å². The van der Waals surface area contributed by atoms with Crippen LogP contribution in [0.3, 0.4) is 0 Å². The Morgan fingerprint density at radius 2 is 1.76 bits per heavy atom. The smallest absolute Gasteiger partial charge is 0.262 e. The number of hydrogen-bond acceptors (Lipinski definition) is 3. The van der Waals surface area contributed by atoms with Crippen LogP contribution in [0.4, 0.5) is 11.4 Å². The van der Waals surface area contributed by atoms with Gasteiger partial charge in [0.1, 0.15) is 6.17 Å². The first-order valence-electron chi connectivity index (χ1n) is 8.15. The number of anilines is 2. The van der Waals surface area contributed by atoms with Gasteiger partial charge >= 0.3 is 0 Å². The lowest BCUT2D eigenvalue weighted by Crippen LogP contribution is -2.48. The Bertz CT molecular complexity index is 907. The number of fused-ring (bicyclic) bond motifs is 1. The van der Waals surface area contributed by atoms with Gasteiger partial charge in [0.05, 0.1) is 5.56 Å². The molecule has 0 saturated heterocycles. The highest BCUT2D eigenvalue weighted by Gasteiger charge is 2.31. The number of pyridine rings is 1. The zero-order valence-electron chi connectivity index (χ0n) is 13.5. The Balaban J connectivity index is 1.74. The van der Waals surface area contributed by atoms with Gasteiger partial charge in [0.15, 0.2) is 0 Å². The van der Waals surface area contributed by atoms with E-state index in [0.717, 1.165) is 16.9 Å². The zero-order chi connectivity index (χ0) is 17.1. The highest BCUT2D eigenvalue weighted by atomic mass is 16.2. The second-order valence-electron chi connectivity index (χ2n) is 5.79. The van der Waals surface area contributed by atoms with Crippen molar-refractivity contribution in [1.82, 2.24) is 4.98 Å². The summed E-state index contributed by atoms with van der Waals surface area (Å²) in [6, 6.07) is 21.2. The van der Waals surface area contributed by atoms with E-state index in [9.17, 15) is 4.79 Å². The molecule has 4 rings (SSSR count). The van der Waals surface area contributed by atoms with Crippen LogP contribution in [0.25, 0.3) is 6.08 Å². The van der Waals surface area contributed by atoms with Gasteiger partial charge in [-0.3, -0.25) is 14.7 Å². The number of amides is 1. The lowest BCUT2D eigenvalue weighted by Gasteiger charge is -2.36. The van der Waals surface area contributed by atoms with Crippen molar-refractivity contribution in [1.29, 1.82) is 0 Å². The molecule has 2 aromatic carbocycles. The summed E-state index contributed by atoms with van der Waals surface area (Å²) in [4.78, 5) is 19.0. The van der Waals surface area contributed by atoms with Gasteiger partial charge in [-0.1, -0.05) is 42.5 Å². The molecule has 3 aromatic rings. The molecule has 1 unspecified atom stereocenters. The summed E-state index contributed by atoms with van der Waals surface area (Å²) in [6.45, 7) is 0. The molecule has 4 heteroatoms. The molecular weight excluding hydrogens is 310 g/mol. The van der Waals surface area contributed by atoms with Crippen molar-refractivity contribution in [3.63, 3.8) is 0 Å². The lowest BCUT2D eigenvalue weighted by molar-refractivity contribution is 0.0980. The third-order valence-corrected chi connectivity index (χ3v) is 4.15. The normalized spacial score (nSPS) is 16.6. The largest absolute Gasteiger partial charge is 0.361 e. The number of nitrogens with zero attached hydrogens (tertiary/aromatic N) is 2. The second kappa shape index (κ2) is 6.61. The van der Waals surface area contributed by atoms with Gasteiger partial charge in [0.25, 0.3) is 5.91 Å². The number of benzene rings is 2. The molecule has 0 fully saturated rings. The van der Waals surface area contributed by atoms with Crippen molar-refractivity contribution < 1.29 is 4.79 Å². The second-order valence-corrected chi connectivity index (χ2v) is 5.79. The maximum Gasteiger partial charge on any atom is 0.262 e. The summed E-state index contributed by atoms with van der Waals surface area (Å²) in [7, 11) is 0. The van der Waals surface area contributed by atoms with Gasteiger partial charge in [-0.15, -0.1) is 0 Å². The first kappa shape index (κ1) is 15.1. The summed E-state index contributed by atoms with van der Waals surface area (Å²) in [5.74, 6) is -0.0126. The van der Waals surface area contributed by atoms with Crippen LogP contribution in [0.2, 0.25) is 0 Å². The van der Waals surface area contributed by atoms with E-state index >= 15 is 0 Å². The van der Waals surface area contributed by atoms with Crippen LogP contribution in [0, 0.1) is 0 Å². The van der Waals surface area contributed by atoms with E-state index in [-0.39, 0.29) is 12.1 Å². The van der Waals surface area contributed by atoms with E-state index in [0.29, 0.717) is 5.56 Å². The SMILES string of the molecule is O=C1c2ccccc2NC(/C=C/c2cccnc2)N1c1ccccc1. The predicted molar refractivity (Wildman–Crippen MR) is 100 cm³/mol. The van der Waals surface area contributed by atoms with Crippen LogP contribution >= 0.6 is 0 Å². The minimum atomic E-state index is -0.273. The zero-order valence-corrected chi connectivity index (χ0v) is 13.5. The average molecular weight is 327 g/mol. The summed E-state index contributed by atoms with van der Waals surface area (Å²) in [5.41, 5.74) is 3.37. The van der Waals surface area contributed by atoms with Crippen LogP contribution in [0.5, 0.6) is 0 Å². The molecule has 1 amide bonds. The Labute approximate surface area is 146 Å². The van der Waals surface area contributed by atoms with Crippen molar-refractivity contribution in [2.45, 2.75) is 6.17 Å². The van der Waals surface area contributed by atoms with E-state index < -0.39 is 0 Å². The Morgan fingerprint density at radius 3 is 2.56 bits per heavy atom. The van der Waals surface area contributed by atoms with Gasteiger partial charge in [0, 0.05) is 23.8 Å². The van der Waals surface area contributed by atoms with Crippen LogP contribution in [0.15, 0.2) is 85.2 Å². The molecule has 0 bridgehead atoms. The third kappa shape index (κ3) is 3.02. The Kier molecular flexibility index (Phi) is 4.01. The van der Waals surface area contributed by atoms with E-state index in [1.54, 1.807) is 17.3 Å². The Morgan fingerprint density at radius 1 is 0.960 bits per heavy atom. The molecule has 1 N–H and O–H groups in total. The highest BCUT2D eigenvalue weighted by Crippen LogP contribution is 2.30. The van der Waals surface area contributed by atoms with Crippen molar-refractivity contribution in [2.75, 3.05) is 10.2 Å². The predicted octanol–water partition coefficient (Wildman–Crippen LogP) is 4.19. The number of carbonyl (C=O) groups is 1. The average Bonchev–Trinajstić information content (AvgIpc) is 2.68. The molecule has 1 aliphatic rings. The fourth-order valence-corrected chi connectivity index (χ4v) is 2.95. The number of carbonyl (C=O) groups excluding carboxylic acids is 1. The molecule has 0 spiro atoms. The third-order valence-electron chi connectivity index (χ3n) is 4.15. The number of hydrogen-bond donors (Lipinski definition) is 1.